The number of amides is 2. The second kappa shape index (κ2) is 4.72. The molecule has 2 N–H and O–H groups in total. The number of hydrogen-bond acceptors (Lipinski definition) is 4. The Bertz CT molecular complexity index is 839. The molecule has 2 aromatic carbocycles. The maximum Gasteiger partial charge on any atom is 0.266 e. The van der Waals surface area contributed by atoms with Crippen molar-refractivity contribution >= 4 is 39.1 Å². The summed E-state index contributed by atoms with van der Waals surface area (Å²) in [7, 11) is 0. The second-order valence-electron chi connectivity index (χ2n) is 4.52. The molecule has 2 amide bonds. The first-order chi connectivity index (χ1) is 10.0. The fraction of sp³-hybridized carbons (Fsp3) is 0. The van der Waals surface area contributed by atoms with E-state index in [2.05, 4.69) is 15.9 Å². The lowest BCUT2D eigenvalue weighted by atomic mass is 10.1. The number of benzene rings is 2. The average molecular weight is 342 g/mol. The van der Waals surface area contributed by atoms with Crippen LogP contribution in [0, 0.1) is 11.3 Å². The van der Waals surface area contributed by atoms with E-state index in [9.17, 15) is 9.59 Å². The van der Waals surface area contributed by atoms with Crippen LogP contribution in [0.2, 0.25) is 0 Å². The molecular weight excluding hydrogens is 334 g/mol. The Labute approximate surface area is 128 Å². The number of nitriles is 1. The number of carbonyl (C=O) groups is 2. The molecule has 5 nitrogen and oxygen atoms in total. The van der Waals surface area contributed by atoms with Crippen LogP contribution < -0.4 is 10.6 Å². The highest BCUT2D eigenvalue weighted by molar-refractivity contribution is 9.10. The summed E-state index contributed by atoms with van der Waals surface area (Å²) in [6, 6.07) is 11.4. The molecule has 0 saturated carbocycles. The first-order valence-electron chi connectivity index (χ1n) is 6.01. The third-order valence-electron chi connectivity index (χ3n) is 3.23. The van der Waals surface area contributed by atoms with Gasteiger partial charge in [0.2, 0.25) is 0 Å². The van der Waals surface area contributed by atoms with E-state index >= 15 is 0 Å². The highest BCUT2D eigenvalue weighted by atomic mass is 79.9. The van der Waals surface area contributed by atoms with Gasteiger partial charge < -0.3 is 5.73 Å². The van der Waals surface area contributed by atoms with Gasteiger partial charge in [0, 0.05) is 10.2 Å². The van der Waals surface area contributed by atoms with Crippen molar-refractivity contribution in [1.82, 2.24) is 0 Å². The molecule has 6 heteroatoms. The van der Waals surface area contributed by atoms with Crippen molar-refractivity contribution in [3.8, 4) is 6.07 Å². The quantitative estimate of drug-likeness (QED) is 0.638. The minimum absolute atomic E-state index is 0.251. The smallest absolute Gasteiger partial charge is 0.266 e. The molecule has 0 unspecified atom stereocenters. The van der Waals surface area contributed by atoms with Crippen LogP contribution >= 0.6 is 15.9 Å². The highest BCUT2D eigenvalue weighted by Gasteiger charge is 2.37. The van der Waals surface area contributed by atoms with E-state index < -0.39 is 11.8 Å². The van der Waals surface area contributed by atoms with Gasteiger partial charge in [-0.15, -0.1) is 0 Å². The molecule has 1 aliphatic heterocycles. The monoisotopic (exact) mass is 341 g/mol. The molecule has 102 valence electrons. The highest BCUT2D eigenvalue weighted by Crippen LogP contribution is 2.33. The van der Waals surface area contributed by atoms with Crippen molar-refractivity contribution in [1.29, 1.82) is 5.26 Å². The van der Waals surface area contributed by atoms with Gasteiger partial charge in [0.1, 0.15) is 6.07 Å². The number of nitrogen functional groups attached to an aromatic ring is 1. The van der Waals surface area contributed by atoms with E-state index in [0.717, 1.165) is 4.90 Å². The van der Waals surface area contributed by atoms with Crippen molar-refractivity contribution in [3.63, 3.8) is 0 Å². The minimum Gasteiger partial charge on any atom is -0.399 e. The van der Waals surface area contributed by atoms with Crippen molar-refractivity contribution in [2.24, 2.45) is 0 Å². The molecule has 0 spiro atoms. The van der Waals surface area contributed by atoms with Crippen LogP contribution in [-0.2, 0) is 0 Å². The van der Waals surface area contributed by atoms with Crippen molar-refractivity contribution in [2.45, 2.75) is 0 Å². The largest absolute Gasteiger partial charge is 0.399 e. The van der Waals surface area contributed by atoms with Crippen LogP contribution in [0.5, 0.6) is 0 Å². The predicted molar refractivity (Wildman–Crippen MR) is 80.9 cm³/mol. The normalized spacial score (nSPS) is 13.2. The average Bonchev–Trinajstić information content (AvgIpc) is 2.70. The van der Waals surface area contributed by atoms with Crippen molar-refractivity contribution in [3.05, 3.63) is 57.6 Å². The molecular formula is C15H8BrN3O2. The topological polar surface area (TPSA) is 87.2 Å². The van der Waals surface area contributed by atoms with Crippen LogP contribution in [0.1, 0.15) is 26.3 Å². The number of hydrogen-bond donors (Lipinski definition) is 1. The Morgan fingerprint density at radius 3 is 2.48 bits per heavy atom. The van der Waals surface area contributed by atoms with Gasteiger partial charge in [0.15, 0.2) is 0 Å². The lowest BCUT2D eigenvalue weighted by Gasteiger charge is -2.15. The van der Waals surface area contributed by atoms with Gasteiger partial charge in [-0.3, -0.25) is 9.59 Å². The summed E-state index contributed by atoms with van der Waals surface area (Å²) in [5, 5.41) is 9.17. The molecule has 0 fully saturated rings. The zero-order valence-corrected chi connectivity index (χ0v) is 12.2. The van der Waals surface area contributed by atoms with Crippen molar-refractivity contribution in [2.75, 3.05) is 10.6 Å². The van der Waals surface area contributed by atoms with Gasteiger partial charge in [-0.2, -0.15) is 5.26 Å². The zero-order valence-electron chi connectivity index (χ0n) is 10.6. The van der Waals surface area contributed by atoms with Gasteiger partial charge in [-0.25, -0.2) is 4.90 Å². The first kappa shape index (κ1) is 13.3. The molecule has 0 saturated heterocycles. The van der Waals surface area contributed by atoms with Gasteiger partial charge in [0.05, 0.1) is 22.4 Å². The van der Waals surface area contributed by atoms with Gasteiger partial charge in [-0.1, -0.05) is 15.9 Å². The number of nitrogens with zero attached hydrogens (tertiary/aromatic N) is 2. The van der Waals surface area contributed by atoms with Crippen LogP contribution in [0.3, 0.4) is 0 Å². The Balaban J connectivity index is 2.19. The lowest BCUT2D eigenvalue weighted by molar-refractivity contribution is 0.0926. The number of anilines is 2. The number of fused-ring (bicyclic) bond motifs is 1. The van der Waals surface area contributed by atoms with Crippen molar-refractivity contribution < 1.29 is 9.59 Å². The summed E-state index contributed by atoms with van der Waals surface area (Å²) in [6.07, 6.45) is 0. The minimum atomic E-state index is -0.475. The molecule has 0 radical (unpaired) electrons. The molecule has 21 heavy (non-hydrogen) atoms. The Morgan fingerprint density at radius 2 is 1.76 bits per heavy atom. The summed E-state index contributed by atoms with van der Waals surface area (Å²) in [5.41, 5.74) is 7.12. The standard InChI is InChI=1S/C15H8BrN3O2/c16-9-2-1-8(7-17)13(5-9)19-14(20)11-4-3-10(18)6-12(11)15(19)21/h1-6H,18H2. The van der Waals surface area contributed by atoms with E-state index in [4.69, 9.17) is 11.0 Å². The fourth-order valence-electron chi connectivity index (χ4n) is 2.26. The maximum absolute atomic E-state index is 12.5. The van der Waals surface area contributed by atoms with E-state index in [1.54, 1.807) is 24.3 Å². The molecule has 1 heterocycles. The Kier molecular flexibility index (Phi) is 3.00. The number of halogens is 1. The van der Waals surface area contributed by atoms with Crippen LogP contribution in [0.15, 0.2) is 40.9 Å². The van der Waals surface area contributed by atoms with Gasteiger partial charge in [-0.05, 0) is 36.4 Å². The van der Waals surface area contributed by atoms with Gasteiger partial charge >= 0.3 is 0 Å². The maximum atomic E-state index is 12.5. The van der Waals surface area contributed by atoms with Crippen LogP contribution in [-0.4, -0.2) is 11.8 Å². The Morgan fingerprint density at radius 1 is 1.05 bits per heavy atom. The van der Waals surface area contributed by atoms with E-state index in [0.29, 0.717) is 10.2 Å². The lowest BCUT2D eigenvalue weighted by Crippen LogP contribution is -2.30. The summed E-state index contributed by atoms with van der Waals surface area (Å²) >= 11 is 3.28. The number of nitrogens with two attached hydrogens (primary N) is 1. The first-order valence-corrected chi connectivity index (χ1v) is 6.80. The number of carbonyl (C=O) groups excluding carboxylic acids is 2. The SMILES string of the molecule is N#Cc1ccc(Br)cc1N1C(=O)c2ccc(N)cc2C1=O. The van der Waals surface area contributed by atoms with Crippen LogP contribution in [0.4, 0.5) is 11.4 Å². The number of imide groups is 1. The molecule has 0 bridgehead atoms. The summed E-state index contributed by atoms with van der Waals surface area (Å²) < 4.78 is 0.674. The molecule has 2 aromatic rings. The zero-order chi connectivity index (χ0) is 15.1. The molecule has 0 aliphatic carbocycles. The summed E-state index contributed by atoms with van der Waals surface area (Å²) in [5.74, 6) is -0.929. The molecule has 0 atom stereocenters. The Hall–Kier alpha value is -2.65. The third-order valence-corrected chi connectivity index (χ3v) is 3.73. The third kappa shape index (κ3) is 1.99. The molecule has 3 rings (SSSR count). The van der Waals surface area contributed by atoms with Crippen LogP contribution in [0.25, 0.3) is 0 Å². The van der Waals surface area contributed by atoms with E-state index in [1.807, 2.05) is 6.07 Å². The fourth-order valence-corrected chi connectivity index (χ4v) is 2.61. The molecule has 0 aromatic heterocycles. The second-order valence-corrected chi connectivity index (χ2v) is 5.44. The van der Waals surface area contributed by atoms with E-state index in [-0.39, 0.29) is 22.4 Å². The number of rotatable bonds is 1. The molecule has 1 aliphatic rings. The summed E-state index contributed by atoms with van der Waals surface area (Å²) in [4.78, 5) is 25.9. The predicted octanol–water partition coefficient (Wildman–Crippen LogP) is 2.70. The van der Waals surface area contributed by atoms with Gasteiger partial charge in [0.25, 0.3) is 11.8 Å². The van der Waals surface area contributed by atoms with E-state index in [1.165, 1.54) is 12.1 Å². The summed E-state index contributed by atoms with van der Waals surface area (Å²) in [6.45, 7) is 0.